The summed E-state index contributed by atoms with van der Waals surface area (Å²) in [4.78, 5) is 31.5. The van der Waals surface area contributed by atoms with Crippen molar-refractivity contribution < 1.29 is 18.9 Å². The number of anilines is 1. The molecule has 5 rings (SSSR count). The molecule has 3 aromatic carbocycles. The monoisotopic (exact) mass is 553 g/mol. The molecule has 40 heavy (non-hydrogen) atoms. The number of rotatable bonds is 6. The molecule has 0 atom stereocenters. The highest BCUT2D eigenvalue weighted by Crippen LogP contribution is 2.39. The van der Waals surface area contributed by atoms with Crippen molar-refractivity contribution >= 4 is 46.0 Å². The summed E-state index contributed by atoms with van der Waals surface area (Å²) in [5.41, 5.74) is 6.33. The van der Waals surface area contributed by atoms with Gasteiger partial charge < -0.3 is 9.15 Å². The molecule has 0 aliphatic carbocycles. The molecule has 0 N–H and O–H groups in total. The molecule has 1 amide bonds. The number of aliphatic imine (C=N–C) groups is 1. The molecular weight excluding hydrogens is 526 g/mol. The fourth-order valence-electron chi connectivity index (χ4n) is 4.25. The predicted molar refractivity (Wildman–Crippen MR) is 159 cm³/mol. The molecule has 0 unspecified atom stereocenters. The number of non-ortho nitro benzene ring substituents is 1. The van der Waals surface area contributed by atoms with E-state index in [1.807, 2.05) is 64.1 Å². The number of nitro benzene ring substituents is 1. The Labute approximate surface area is 236 Å². The third kappa shape index (κ3) is 5.28. The summed E-state index contributed by atoms with van der Waals surface area (Å²) in [6, 6.07) is 19.6. The van der Waals surface area contributed by atoms with Crippen LogP contribution < -0.4 is 9.64 Å². The smallest absolute Gasteiger partial charge is 0.271 e. The van der Waals surface area contributed by atoms with Gasteiger partial charge in [0.25, 0.3) is 11.6 Å². The summed E-state index contributed by atoms with van der Waals surface area (Å²) in [6.07, 6.45) is 1.66. The molecule has 0 saturated carbocycles. The minimum atomic E-state index is -0.472. The Morgan fingerprint density at radius 1 is 0.925 bits per heavy atom. The molecule has 0 bridgehead atoms. The van der Waals surface area contributed by atoms with Crippen molar-refractivity contribution in [2.45, 2.75) is 27.7 Å². The molecule has 1 aliphatic rings. The quantitative estimate of drug-likeness (QED) is 0.137. The number of nitrogens with zero attached hydrogens (tertiary/aromatic N) is 3. The molecule has 0 radical (unpaired) electrons. The Balaban J connectivity index is 1.54. The highest BCUT2D eigenvalue weighted by atomic mass is 32.2. The van der Waals surface area contributed by atoms with Crippen LogP contribution in [0.3, 0.4) is 0 Å². The normalized spacial score (nSPS) is 15.3. The van der Waals surface area contributed by atoms with Gasteiger partial charge in [-0.1, -0.05) is 12.1 Å². The van der Waals surface area contributed by atoms with Crippen molar-refractivity contribution in [2.24, 2.45) is 4.99 Å². The van der Waals surface area contributed by atoms with Gasteiger partial charge in [-0.15, -0.1) is 0 Å². The highest BCUT2D eigenvalue weighted by molar-refractivity contribution is 8.19. The Morgan fingerprint density at radius 3 is 2.33 bits per heavy atom. The van der Waals surface area contributed by atoms with Crippen molar-refractivity contribution in [3.8, 4) is 17.1 Å². The van der Waals surface area contributed by atoms with Crippen LogP contribution >= 0.6 is 11.8 Å². The Bertz CT molecular complexity index is 1720. The van der Waals surface area contributed by atoms with Crippen LogP contribution in [-0.4, -0.2) is 23.1 Å². The lowest BCUT2D eigenvalue weighted by Gasteiger charge is -2.17. The molecule has 0 spiro atoms. The van der Waals surface area contributed by atoms with Crippen LogP contribution in [0, 0.1) is 37.8 Å². The second-order valence-electron chi connectivity index (χ2n) is 9.53. The zero-order valence-electron chi connectivity index (χ0n) is 22.7. The average molecular weight is 554 g/mol. The van der Waals surface area contributed by atoms with E-state index in [4.69, 9.17) is 14.1 Å². The average Bonchev–Trinajstić information content (AvgIpc) is 3.51. The number of benzene rings is 3. The summed E-state index contributed by atoms with van der Waals surface area (Å²) in [5, 5.41) is 11.8. The van der Waals surface area contributed by atoms with E-state index in [2.05, 4.69) is 0 Å². The molecule has 1 saturated heterocycles. The van der Waals surface area contributed by atoms with Gasteiger partial charge in [-0.25, -0.2) is 4.99 Å². The Hall–Kier alpha value is -4.63. The molecule has 4 aromatic rings. The van der Waals surface area contributed by atoms with Crippen molar-refractivity contribution in [2.75, 3.05) is 12.0 Å². The van der Waals surface area contributed by atoms with Crippen LogP contribution in [0.5, 0.6) is 5.75 Å². The lowest BCUT2D eigenvalue weighted by atomic mass is 10.1. The van der Waals surface area contributed by atoms with Crippen LogP contribution in [0.15, 0.2) is 81.0 Å². The minimum absolute atomic E-state index is 0.0788. The first kappa shape index (κ1) is 27.0. The number of furan rings is 1. The molecule has 2 heterocycles. The lowest BCUT2D eigenvalue weighted by molar-refractivity contribution is -0.384. The Morgan fingerprint density at radius 2 is 1.65 bits per heavy atom. The number of amides is 1. The SMILES string of the molecule is COc1ccc([N+](=O)[O-])cc1-c1ccc(/C=C2\SC(=Nc3ccc(C)c(C)c3)N(c3ccc(C)c(C)c3)C2=O)o1. The number of aryl methyl sites for hydroxylation is 4. The number of carbonyl (C=O) groups excluding carboxylic acids is 1. The molecule has 202 valence electrons. The van der Waals surface area contributed by atoms with E-state index in [0.717, 1.165) is 28.1 Å². The van der Waals surface area contributed by atoms with Gasteiger partial charge >= 0.3 is 0 Å². The van der Waals surface area contributed by atoms with Crippen LogP contribution in [0.1, 0.15) is 28.0 Å². The van der Waals surface area contributed by atoms with Crippen molar-refractivity contribution in [3.63, 3.8) is 0 Å². The van der Waals surface area contributed by atoms with Gasteiger partial charge in [-0.05, 0) is 104 Å². The van der Waals surface area contributed by atoms with E-state index in [-0.39, 0.29) is 11.6 Å². The highest BCUT2D eigenvalue weighted by Gasteiger charge is 2.35. The fourth-order valence-corrected chi connectivity index (χ4v) is 5.23. The first-order valence-electron chi connectivity index (χ1n) is 12.5. The number of carbonyl (C=O) groups is 1. The standard InChI is InChI=1S/C31H27N3O5S/c1-18-6-8-22(14-20(18)3)32-31-33(23-9-7-19(2)21(4)15-23)30(35)29(40-31)17-25-11-13-28(39-25)26-16-24(34(36)37)10-12-27(26)38-5/h6-17H,1-5H3/b29-17-,32-31?. The molecular formula is C31H27N3O5S. The number of ether oxygens (including phenoxy) is 1. The zero-order chi connectivity index (χ0) is 28.6. The van der Waals surface area contributed by atoms with E-state index in [1.54, 1.807) is 23.1 Å². The summed E-state index contributed by atoms with van der Waals surface area (Å²) in [7, 11) is 1.49. The molecule has 1 aromatic heterocycles. The molecule has 9 heteroatoms. The third-order valence-electron chi connectivity index (χ3n) is 6.83. The number of amidine groups is 1. The molecule has 8 nitrogen and oxygen atoms in total. The fraction of sp³-hybridized carbons (Fsp3) is 0.161. The largest absolute Gasteiger partial charge is 0.496 e. The summed E-state index contributed by atoms with van der Waals surface area (Å²) >= 11 is 1.26. The summed E-state index contributed by atoms with van der Waals surface area (Å²) < 4.78 is 11.4. The minimum Gasteiger partial charge on any atom is -0.496 e. The first-order chi connectivity index (χ1) is 19.1. The van der Waals surface area contributed by atoms with E-state index in [1.165, 1.54) is 42.6 Å². The number of nitro groups is 1. The van der Waals surface area contributed by atoms with Gasteiger partial charge in [0.1, 0.15) is 17.3 Å². The first-order valence-corrected chi connectivity index (χ1v) is 13.4. The van der Waals surface area contributed by atoms with Gasteiger partial charge in [-0.2, -0.15) is 0 Å². The maximum absolute atomic E-state index is 13.7. The van der Waals surface area contributed by atoms with E-state index in [9.17, 15) is 14.9 Å². The van der Waals surface area contributed by atoms with Crippen LogP contribution in [-0.2, 0) is 4.79 Å². The van der Waals surface area contributed by atoms with Crippen LogP contribution in [0.25, 0.3) is 17.4 Å². The van der Waals surface area contributed by atoms with Crippen LogP contribution in [0.4, 0.5) is 17.1 Å². The number of hydrogen-bond donors (Lipinski definition) is 0. The van der Waals surface area contributed by atoms with Crippen LogP contribution in [0.2, 0.25) is 0 Å². The van der Waals surface area contributed by atoms with Crippen molar-refractivity contribution in [3.05, 3.63) is 110 Å². The van der Waals surface area contributed by atoms with Gasteiger partial charge in [0, 0.05) is 18.2 Å². The number of hydrogen-bond acceptors (Lipinski definition) is 7. The maximum atomic E-state index is 13.7. The Kier molecular flexibility index (Phi) is 7.32. The second-order valence-corrected chi connectivity index (χ2v) is 10.5. The van der Waals surface area contributed by atoms with E-state index >= 15 is 0 Å². The van der Waals surface area contributed by atoms with Gasteiger partial charge in [0.2, 0.25) is 0 Å². The molecule has 1 aliphatic heterocycles. The summed E-state index contributed by atoms with van der Waals surface area (Å²) in [6.45, 7) is 8.11. The zero-order valence-corrected chi connectivity index (χ0v) is 23.5. The lowest BCUT2D eigenvalue weighted by Crippen LogP contribution is -2.28. The molecule has 1 fully saturated rings. The number of thioether (sulfide) groups is 1. The van der Waals surface area contributed by atoms with E-state index < -0.39 is 4.92 Å². The van der Waals surface area contributed by atoms with Crippen molar-refractivity contribution in [1.29, 1.82) is 0 Å². The van der Waals surface area contributed by atoms with Gasteiger partial charge in [0.15, 0.2) is 5.17 Å². The topological polar surface area (TPSA) is 98.2 Å². The predicted octanol–water partition coefficient (Wildman–Crippen LogP) is 7.91. The van der Waals surface area contributed by atoms with Gasteiger partial charge in [-0.3, -0.25) is 19.8 Å². The van der Waals surface area contributed by atoms with Gasteiger partial charge in [0.05, 0.1) is 33.9 Å². The maximum Gasteiger partial charge on any atom is 0.271 e. The van der Waals surface area contributed by atoms with Crippen molar-refractivity contribution in [1.82, 2.24) is 0 Å². The third-order valence-corrected chi connectivity index (χ3v) is 7.80. The second kappa shape index (κ2) is 10.9. The number of methoxy groups -OCH3 is 1. The van der Waals surface area contributed by atoms with E-state index in [0.29, 0.717) is 32.9 Å². The summed E-state index contributed by atoms with van der Waals surface area (Å²) in [5.74, 6) is 1.03.